The Morgan fingerprint density at radius 2 is 1.84 bits per heavy atom. The average Bonchev–Trinajstić information content (AvgIpc) is 2.60. The number of rotatable bonds is 4. The van der Waals surface area contributed by atoms with Gasteiger partial charge in [0.15, 0.2) is 17.6 Å². The van der Waals surface area contributed by atoms with Crippen molar-refractivity contribution in [3.05, 3.63) is 53.1 Å². The van der Waals surface area contributed by atoms with Crippen molar-refractivity contribution >= 4 is 5.97 Å². The molecule has 0 bridgehead atoms. The third-order valence-electron chi connectivity index (χ3n) is 4.28. The zero-order valence-corrected chi connectivity index (χ0v) is 14.9. The first kappa shape index (κ1) is 17.1. The van der Waals surface area contributed by atoms with Gasteiger partial charge >= 0.3 is 5.97 Å². The fourth-order valence-electron chi connectivity index (χ4n) is 3.15. The largest absolute Gasteiger partial charge is 0.493 e. The molecule has 0 radical (unpaired) electrons. The highest BCUT2D eigenvalue weighted by molar-refractivity contribution is 5.66. The molecule has 5 nitrogen and oxygen atoms in total. The Balaban J connectivity index is 1.99. The van der Waals surface area contributed by atoms with Gasteiger partial charge in [0.1, 0.15) is 11.9 Å². The normalized spacial score (nSPS) is 18.7. The molecule has 5 heteroatoms. The molecule has 2 aromatic rings. The number of carbonyl (C=O) groups excluding carboxylic acids is 1. The maximum Gasteiger partial charge on any atom is 0.303 e. The smallest absolute Gasteiger partial charge is 0.303 e. The zero-order valence-electron chi connectivity index (χ0n) is 14.9. The van der Waals surface area contributed by atoms with Crippen LogP contribution in [0.5, 0.6) is 17.2 Å². The Morgan fingerprint density at radius 1 is 1.08 bits per heavy atom. The molecule has 25 heavy (non-hydrogen) atoms. The molecule has 0 spiro atoms. The van der Waals surface area contributed by atoms with Crippen molar-refractivity contribution in [1.29, 1.82) is 0 Å². The quantitative estimate of drug-likeness (QED) is 0.795. The van der Waals surface area contributed by atoms with Crippen LogP contribution in [-0.4, -0.2) is 26.3 Å². The molecule has 0 unspecified atom stereocenters. The van der Waals surface area contributed by atoms with Crippen molar-refractivity contribution in [2.24, 2.45) is 0 Å². The fourth-order valence-corrected chi connectivity index (χ4v) is 3.15. The average molecular weight is 342 g/mol. The Morgan fingerprint density at radius 3 is 2.52 bits per heavy atom. The van der Waals surface area contributed by atoms with E-state index in [0.717, 1.165) is 22.4 Å². The molecule has 2 aromatic carbocycles. The molecule has 0 saturated carbocycles. The molecule has 0 saturated heterocycles. The SMILES string of the molecule is COc1ccc([C@@H]2Oc3ccc(C)cc3C[C@H]2OC(C)=O)cc1OC. The van der Waals surface area contributed by atoms with Crippen molar-refractivity contribution in [1.82, 2.24) is 0 Å². The predicted octanol–water partition coefficient (Wildman–Crippen LogP) is 3.62. The Kier molecular flexibility index (Phi) is 4.83. The van der Waals surface area contributed by atoms with Crippen LogP contribution in [0.1, 0.15) is 29.7 Å². The maximum atomic E-state index is 11.6. The number of aryl methyl sites for hydroxylation is 1. The molecule has 0 fully saturated rings. The molecule has 0 aliphatic carbocycles. The highest BCUT2D eigenvalue weighted by Gasteiger charge is 2.34. The third-order valence-corrected chi connectivity index (χ3v) is 4.28. The van der Waals surface area contributed by atoms with Crippen molar-refractivity contribution < 1.29 is 23.7 Å². The van der Waals surface area contributed by atoms with Crippen molar-refractivity contribution in [3.63, 3.8) is 0 Å². The van der Waals surface area contributed by atoms with Gasteiger partial charge in [0.2, 0.25) is 0 Å². The van der Waals surface area contributed by atoms with E-state index in [1.807, 2.05) is 37.3 Å². The summed E-state index contributed by atoms with van der Waals surface area (Å²) in [6, 6.07) is 11.6. The van der Waals surface area contributed by atoms with E-state index in [1.165, 1.54) is 6.92 Å². The zero-order chi connectivity index (χ0) is 18.0. The molecule has 1 aliphatic heterocycles. The van der Waals surface area contributed by atoms with Gasteiger partial charge in [-0.05, 0) is 30.7 Å². The number of esters is 1. The third kappa shape index (κ3) is 3.55. The summed E-state index contributed by atoms with van der Waals surface area (Å²) in [6.07, 6.45) is -0.195. The lowest BCUT2D eigenvalue weighted by Crippen LogP contribution is -2.34. The molecular formula is C20H22O5. The van der Waals surface area contributed by atoms with Crippen molar-refractivity contribution in [2.75, 3.05) is 14.2 Å². The van der Waals surface area contributed by atoms with Gasteiger partial charge in [-0.2, -0.15) is 0 Å². The number of methoxy groups -OCH3 is 2. The molecule has 0 N–H and O–H groups in total. The van der Waals surface area contributed by atoms with Crippen LogP contribution < -0.4 is 14.2 Å². The fraction of sp³-hybridized carbons (Fsp3) is 0.350. The Labute approximate surface area is 147 Å². The summed E-state index contributed by atoms with van der Waals surface area (Å²) in [4.78, 5) is 11.6. The highest BCUT2D eigenvalue weighted by Crippen LogP contribution is 2.39. The van der Waals surface area contributed by atoms with Crippen LogP contribution in [-0.2, 0) is 16.0 Å². The van der Waals surface area contributed by atoms with Gasteiger partial charge < -0.3 is 18.9 Å². The van der Waals surface area contributed by atoms with Crippen LogP contribution in [0.25, 0.3) is 0 Å². The van der Waals surface area contributed by atoms with Crippen molar-refractivity contribution in [2.45, 2.75) is 32.5 Å². The molecule has 0 aromatic heterocycles. The van der Waals surface area contributed by atoms with Gasteiger partial charge in [-0.3, -0.25) is 4.79 Å². The minimum Gasteiger partial charge on any atom is -0.493 e. The molecule has 1 aliphatic rings. The minimum absolute atomic E-state index is 0.324. The van der Waals surface area contributed by atoms with E-state index in [0.29, 0.717) is 17.9 Å². The van der Waals surface area contributed by atoms with Crippen LogP contribution in [0.2, 0.25) is 0 Å². The lowest BCUT2D eigenvalue weighted by atomic mass is 9.93. The van der Waals surface area contributed by atoms with Crippen molar-refractivity contribution in [3.8, 4) is 17.2 Å². The standard InChI is InChI=1S/C20H22O5/c1-12-5-7-16-15(9-12)11-19(24-13(2)21)20(25-16)14-6-8-17(22-3)18(10-14)23-4/h5-10,19-20H,11H2,1-4H3/t19-,20+/m1/s1. The second-order valence-corrected chi connectivity index (χ2v) is 6.12. The predicted molar refractivity (Wildman–Crippen MR) is 93.4 cm³/mol. The maximum absolute atomic E-state index is 11.6. The van der Waals surface area contributed by atoms with Crippen LogP contribution in [0, 0.1) is 6.92 Å². The summed E-state index contributed by atoms with van der Waals surface area (Å²) < 4.78 is 22.4. The number of benzene rings is 2. The summed E-state index contributed by atoms with van der Waals surface area (Å²) in [5, 5.41) is 0. The number of carbonyl (C=O) groups is 1. The second kappa shape index (κ2) is 7.05. The van der Waals surface area contributed by atoms with E-state index in [9.17, 15) is 4.79 Å². The van der Waals surface area contributed by atoms with Crippen LogP contribution in [0.4, 0.5) is 0 Å². The first-order valence-corrected chi connectivity index (χ1v) is 8.17. The highest BCUT2D eigenvalue weighted by atomic mass is 16.6. The monoisotopic (exact) mass is 342 g/mol. The molecule has 132 valence electrons. The summed E-state index contributed by atoms with van der Waals surface area (Å²) in [6.45, 7) is 3.44. The first-order valence-electron chi connectivity index (χ1n) is 8.17. The summed E-state index contributed by atoms with van der Waals surface area (Å²) in [7, 11) is 3.18. The Hall–Kier alpha value is -2.69. The van der Waals surface area contributed by atoms with Gasteiger partial charge in [-0.1, -0.05) is 23.8 Å². The van der Waals surface area contributed by atoms with E-state index in [1.54, 1.807) is 14.2 Å². The van der Waals surface area contributed by atoms with E-state index in [2.05, 4.69) is 6.07 Å². The second-order valence-electron chi connectivity index (χ2n) is 6.12. The van der Waals surface area contributed by atoms with Gasteiger partial charge in [0, 0.05) is 18.9 Å². The minimum atomic E-state index is -0.404. The van der Waals surface area contributed by atoms with E-state index in [-0.39, 0.29) is 5.97 Å². The summed E-state index contributed by atoms with van der Waals surface area (Å²) in [5.74, 6) is 1.74. The van der Waals surface area contributed by atoms with Crippen LogP contribution >= 0.6 is 0 Å². The van der Waals surface area contributed by atoms with E-state index < -0.39 is 12.2 Å². The van der Waals surface area contributed by atoms with E-state index in [4.69, 9.17) is 18.9 Å². The molecule has 3 rings (SSSR count). The summed E-state index contributed by atoms with van der Waals surface area (Å²) >= 11 is 0. The molecule has 1 heterocycles. The topological polar surface area (TPSA) is 54.0 Å². The molecule has 0 amide bonds. The van der Waals surface area contributed by atoms with Crippen LogP contribution in [0.15, 0.2) is 36.4 Å². The lowest BCUT2D eigenvalue weighted by molar-refractivity contribution is -0.152. The number of fused-ring (bicyclic) bond motifs is 1. The van der Waals surface area contributed by atoms with Gasteiger partial charge in [-0.15, -0.1) is 0 Å². The number of ether oxygens (including phenoxy) is 4. The summed E-state index contributed by atoms with van der Waals surface area (Å²) in [5.41, 5.74) is 3.06. The lowest BCUT2D eigenvalue weighted by Gasteiger charge is -2.33. The number of hydrogen-bond acceptors (Lipinski definition) is 5. The van der Waals surface area contributed by atoms with Crippen LogP contribution in [0.3, 0.4) is 0 Å². The first-order chi connectivity index (χ1) is 12.0. The Bertz CT molecular complexity index is 784. The van der Waals surface area contributed by atoms with Gasteiger partial charge in [0.25, 0.3) is 0 Å². The van der Waals surface area contributed by atoms with Gasteiger partial charge in [-0.25, -0.2) is 0 Å². The number of hydrogen-bond donors (Lipinski definition) is 0. The molecular weight excluding hydrogens is 320 g/mol. The van der Waals surface area contributed by atoms with Gasteiger partial charge in [0.05, 0.1) is 14.2 Å². The van der Waals surface area contributed by atoms with E-state index >= 15 is 0 Å². The molecule has 2 atom stereocenters.